The van der Waals surface area contributed by atoms with E-state index in [1.807, 2.05) is 23.1 Å². The lowest BCUT2D eigenvalue weighted by atomic mass is 9.90. The Bertz CT molecular complexity index is 844. The maximum absolute atomic E-state index is 12.6. The van der Waals surface area contributed by atoms with Crippen LogP contribution in [0.2, 0.25) is 0 Å². The number of rotatable bonds is 5. The Labute approximate surface area is 169 Å². The van der Waals surface area contributed by atoms with E-state index in [2.05, 4.69) is 21.6 Å². The van der Waals surface area contributed by atoms with Crippen molar-refractivity contribution in [3.05, 3.63) is 34.8 Å². The van der Waals surface area contributed by atoms with Crippen molar-refractivity contribution in [1.82, 2.24) is 10.2 Å². The number of aryl methyl sites for hydroxylation is 1. The zero-order chi connectivity index (χ0) is 19.3. The molecule has 1 aromatic carbocycles. The second-order valence-electron chi connectivity index (χ2n) is 7.61. The van der Waals surface area contributed by atoms with Crippen molar-refractivity contribution in [2.24, 2.45) is 0 Å². The summed E-state index contributed by atoms with van der Waals surface area (Å²) >= 11 is 1.47. The second-order valence-corrected chi connectivity index (χ2v) is 8.62. The van der Waals surface area contributed by atoms with Gasteiger partial charge in [0.25, 0.3) is 0 Å². The van der Waals surface area contributed by atoms with Gasteiger partial charge in [-0.05, 0) is 37.3 Å². The molecule has 1 fully saturated rings. The number of hydrogen-bond acceptors (Lipinski definition) is 5. The standard InChI is InChI=1S/C21H26N4O2S/c26-18(22-21-24-23-20(28-21)16-8-2-1-3-9-16)12-13-19(27)25-14-6-10-15-7-4-5-11-17(15)25/h4-5,7,11,16H,1-3,6,8-10,12-14H2,(H,22,24,26). The molecule has 0 bridgehead atoms. The van der Waals surface area contributed by atoms with Crippen LogP contribution in [0.4, 0.5) is 10.8 Å². The van der Waals surface area contributed by atoms with Crippen molar-refractivity contribution in [2.75, 3.05) is 16.8 Å². The summed E-state index contributed by atoms with van der Waals surface area (Å²) < 4.78 is 0. The second kappa shape index (κ2) is 8.82. The van der Waals surface area contributed by atoms with E-state index in [0.717, 1.165) is 42.9 Å². The topological polar surface area (TPSA) is 75.2 Å². The minimum absolute atomic E-state index is 0.00228. The first-order chi connectivity index (χ1) is 13.7. The van der Waals surface area contributed by atoms with Crippen molar-refractivity contribution in [3.63, 3.8) is 0 Å². The summed E-state index contributed by atoms with van der Waals surface area (Å²) in [5.74, 6) is 0.310. The highest BCUT2D eigenvalue weighted by molar-refractivity contribution is 7.15. The number of hydrogen-bond donors (Lipinski definition) is 1. The molecule has 0 saturated heterocycles. The van der Waals surface area contributed by atoms with Crippen molar-refractivity contribution in [1.29, 1.82) is 0 Å². The summed E-state index contributed by atoms with van der Waals surface area (Å²) in [6, 6.07) is 8.02. The van der Waals surface area contributed by atoms with Gasteiger partial charge in [0.1, 0.15) is 5.01 Å². The molecule has 0 spiro atoms. The fourth-order valence-corrected chi connectivity index (χ4v) is 5.06. The smallest absolute Gasteiger partial charge is 0.227 e. The van der Waals surface area contributed by atoms with Gasteiger partial charge in [-0.3, -0.25) is 9.59 Å². The molecule has 4 rings (SSSR count). The van der Waals surface area contributed by atoms with E-state index in [-0.39, 0.29) is 24.7 Å². The Morgan fingerprint density at radius 2 is 1.89 bits per heavy atom. The van der Waals surface area contributed by atoms with Gasteiger partial charge >= 0.3 is 0 Å². The molecule has 2 aromatic rings. The average Bonchev–Trinajstić information content (AvgIpc) is 3.20. The Kier molecular flexibility index (Phi) is 6.00. The van der Waals surface area contributed by atoms with E-state index in [9.17, 15) is 9.59 Å². The molecule has 28 heavy (non-hydrogen) atoms. The molecule has 2 amide bonds. The number of nitrogens with zero attached hydrogens (tertiary/aromatic N) is 3. The lowest BCUT2D eigenvalue weighted by Gasteiger charge is -2.29. The maximum Gasteiger partial charge on any atom is 0.227 e. The number of fused-ring (bicyclic) bond motifs is 1. The van der Waals surface area contributed by atoms with E-state index in [0.29, 0.717) is 11.0 Å². The maximum atomic E-state index is 12.6. The monoisotopic (exact) mass is 398 g/mol. The van der Waals surface area contributed by atoms with Crippen LogP contribution in [-0.4, -0.2) is 28.6 Å². The third kappa shape index (κ3) is 4.41. The van der Waals surface area contributed by atoms with Crippen LogP contribution in [0.5, 0.6) is 0 Å². The minimum Gasteiger partial charge on any atom is -0.312 e. The van der Waals surface area contributed by atoms with Crippen LogP contribution in [0.1, 0.15) is 67.9 Å². The largest absolute Gasteiger partial charge is 0.312 e. The number of benzene rings is 1. The summed E-state index contributed by atoms with van der Waals surface area (Å²) in [7, 11) is 0. The lowest BCUT2D eigenvalue weighted by Crippen LogP contribution is -2.35. The molecule has 2 heterocycles. The van der Waals surface area contributed by atoms with E-state index >= 15 is 0 Å². The van der Waals surface area contributed by atoms with Crippen LogP contribution in [0.3, 0.4) is 0 Å². The number of aromatic nitrogens is 2. The predicted octanol–water partition coefficient (Wildman–Crippen LogP) is 4.28. The quantitative estimate of drug-likeness (QED) is 0.815. The van der Waals surface area contributed by atoms with E-state index < -0.39 is 0 Å². The van der Waals surface area contributed by atoms with Gasteiger partial charge in [-0.2, -0.15) is 0 Å². The predicted molar refractivity (Wildman–Crippen MR) is 111 cm³/mol. The molecule has 0 unspecified atom stereocenters. The zero-order valence-corrected chi connectivity index (χ0v) is 16.8. The Balaban J connectivity index is 1.29. The van der Waals surface area contributed by atoms with Gasteiger partial charge in [0, 0.05) is 31.0 Å². The number of amides is 2. The molecular weight excluding hydrogens is 372 g/mol. The lowest BCUT2D eigenvalue weighted by molar-refractivity contribution is -0.122. The third-order valence-corrected chi connectivity index (χ3v) is 6.62. The first-order valence-corrected chi connectivity index (χ1v) is 11.0. The average molecular weight is 399 g/mol. The summed E-state index contributed by atoms with van der Waals surface area (Å²) in [5, 5.41) is 12.8. The van der Waals surface area contributed by atoms with Crippen molar-refractivity contribution < 1.29 is 9.59 Å². The minimum atomic E-state index is -0.176. The summed E-state index contributed by atoms with van der Waals surface area (Å²) in [4.78, 5) is 26.8. The molecule has 1 N–H and O–H groups in total. The van der Waals surface area contributed by atoms with E-state index in [4.69, 9.17) is 0 Å². The normalized spacial score (nSPS) is 17.2. The highest BCUT2D eigenvalue weighted by Gasteiger charge is 2.23. The van der Waals surface area contributed by atoms with Gasteiger partial charge in [0.2, 0.25) is 16.9 Å². The first kappa shape index (κ1) is 19.1. The zero-order valence-electron chi connectivity index (χ0n) is 16.0. The first-order valence-electron chi connectivity index (χ1n) is 10.2. The van der Waals surface area contributed by atoms with Gasteiger partial charge in [-0.1, -0.05) is 48.8 Å². The van der Waals surface area contributed by atoms with E-state index in [1.165, 1.54) is 36.2 Å². The van der Waals surface area contributed by atoms with Crippen LogP contribution in [0, 0.1) is 0 Å². The van der Waals surface area contributed by atoms with E-state index in [1.54, 1.807) is 0 Å². The highest BCUT2D eigenvalue weighted by Crippen LogP contribution is 2.35. The van der Waals surface area contributed by atoms with Crippen molar-refractivity contribution >= 4 is 34.0 Å². The summed E-state index contributed by atoms with van der Waals surface area (Å²) in [6.45, 7) is 0.721. The van der Waals surface area contributed by atoms with Gasteiger partial charge < -0.3 is 10.2 Å². The number of nitrogens with one attached hydrogen (secondary N) is 1. The van der Waals surface area contributed by atoms with Crippen LogP contribution in [0.15, 0.2) is 24.3 Å². The van der Waals surface area contributed by atoms with Crippen LogP contribution in [-0.2, 0) is 16.0 Å². The Hall–Kier alpha value is -2.28. The van der Waals surface area contributed by atoms with Gasteiger partial charge in [0.15, 0.2) is 0 Å². The molecule has 1 aliphatic heterocycles. The van der Waals surface area contributed by atoms with Gasteiger partial charge in [0.05, 0.1) is 0 Å². The number of para-hydroxylation sites is 1. The number of anilines is 2. The number of carbonyl (C=O) groups is 2. The molecule has 0 atom stereocenters. The SMILES string of the molecule is O=C(CCC(=O)N1CCCc2ccccc21)Nc1nnc(C2CCCCC2)s1. The van der Waals surface area contributed by atoms with Gasteiger partial charge in [-0.15, -0.1) is 10.2 Å². The van der Waals surface area contributed by atoms with Crippen LogP contribution < -0.4 is 10.2 Å². The van der Waals surface area contributed by atoms with Crippen LogP contribution >= 0.6 is 11.3 Å². The Morgan fingerprint density at radius 1 is 1.07 bits per heavy atom. The molecule has 148 valence electrons. The van der Waals surface area contributed by atoms with Crippen LogP contribution in [0.25, 0.3) is 0 Å². The summed E-state index contributed by atoms with van der Waals surface area (Å²) in [6.07, 6.45) is 8.44. The Morgan fingerprint density at radius 3 is 2.75 bits per heavy atom. The molecule has 2 aliphatic rings. The fourth-order valence-electron chi connectivity index (χ4n) is 4.13. The molecule has 1 aliphatic carbocycles. The molecule has 0 radical (unpaired) electrons. The highest BCUT2D eigenvalue weighted by atomic mass is 32.1. The fraction of sp³-hybridized carbons (Fsp3) is 0.524. The molecule has 1 saturated carbocycles. The van der Waals surface area contributed by atoms with Crippen molar-refractivity contribution in [3.8, 4) is 0 Å². The molecule has 7 heteroatoms. The molecule has 1 aromatic heterocycles. The third-order valence-electron chi connectivity index (χ3n) is 5.62. The van der Waals surface area contributed by atoms with Gasteiger partial charge in [-0.25, -0.2) is 0 Å². The molecule has 6 nitrogen and oxygen atoms in total. The summed E-state index contributed by atoms with van der Waals surface area (Å²) in [5.41, 5.74) is 2.19. The number of carbonyl (C=O) groups excluding carboxylic acids is 2. The molecular formula is C21H26N4O2S. The van der Waals surface area contributed by atoms with Crippen molar-refractivity contribution in [2.45, 2.75) is 63.7 Å².